The molecule has 0 aliphatic heterocycles. The second kappa shape index (κ2) is 6.52. The number of rotatable bonds is 5. The van der Waals surface area contributed by atoms with Gasteiger partial charge in [-0.05, 0) is 37.1 Å². The minimum absolute atomic E-state index is 0.218. The summed E-state index contributed by atoms with van der Waals surface area (Å²) < 4.78 is 51.6. The first-order chi connectivity index (χ1) is 8.34. The van der Waals surface area contributed by atoms with Gasteiger partial charge in [-0.25, -0.2) is 4.39 Å². The number of alkyl halides is 3. The first-order valence-corrected chi connectivity index (χ1v) is 6.38. The molecular weight excluding hydrogens is 314 g/mol. The van der Waals surface area contributed by atoms with Crippen molar-refractivity contribution < 1.29 is 17.6 Å². The predicted molar refractivity (Wildman–Crippen MR) is 65.9 cm³/mol. The van der Waals surface area contributed by atoms with Crippen LogP contribution < -0.4 is 5.32 Å². The van der Waals surface area contributed by atoms with Gasteiger partial charge in [-0.2, -0.15) is 13.2 Å². The molecule has 0 amide bonds. The summed E-state index contributed by atoms with van der Waals surface area (Å²) in [6, 6.07) is 2.08. The first kappa shape index (κ1) is 15.4. The van der Waals surface area contributed by atoms with Gasteiger partial charge < -0.3 is 5.32 Å². The van der Waals surface area contributed by atoms with Crippen LogP contribution in [0.4, 0.5) is 17.6 Å². The minimum Gasteiger partial charge on any atom is -0.306 e. The zero-order valence-corrected chi connectivity index (χ0v) is 11.4. The van der Waals surface area contributed by atoms with E-state index in [0.29, 0.717) is 23.0 Å². The number of benzene rings is 1. The van der Waals surface area contributed by atoms with Gasteiger partial charge in [0.25, 0.3) is 0 Å². The van der Waals surface area contributed by atoms with Crippen molar-refractivity contribution >= 4 is 15.9 Å². The van der Waals surface area contributed by atoms with Crippen LogP contribution in [0, 0.1) is 5.82 Å². The molecule has 1 N–H and O–H groups in total. The van der Waals surface area contributed by atoms with E-state index in [1.807, 2.05) is 0 Å². The van der Waals surface area contributed by atoms with Gasteiger partial charge in [0, 0.05) is 4.47 Å². The molecule has 1 aromatic carbocycles. The molecule has 0 saturated heterocycles. The van der Waals surface area contributed by atoms with Gasteiger partial charge >= 0.3 is 6.18 Å². The molecule has 1 rings (SSSR count). The zero-order valence-electron chi connectivity index (χ0n) is 9.82. The average Bonchev–Trinajstić information content (AvgIpc) is 2.25. The average molecular weight is 328 g/mol. The Kier molecular flexibility index (Phi) is 5.59. The Morgan fingerprint density at radius 2 is 2.00 bits per heavy atom. The third-order valence-electron chi connectivity index (χ3n) is 2.48. The summed E-state index contributed by atoms with van der Waals surface area (Å²) in [4.78, 5) is 0. The maximum Gasteiger partial charge on any atom is 0.404 e. The lowest BCUT2D eigenvalue weighted by molar-refractivity contribution is -0.155. The molecular formula is C12H14BrF4N. The predicted octanol–water partition coefficient (Wildman–Crippen LogP) is 4.06. The highest BCUT2D eigenvalue weighted by atomic mass is 79.9. The van der Waals surface area contributed by atoms with Crippen molar-refractivity contribution in [2.24, 2.45) is 0 Å². The number of nitrogens with one attached hydrogen (secondary N) is 1. The van der Waals surface area contributed by atoms with Gasteiger partial charge in [0.15, 0.2) is 0 Å². The Bertz CT molecular complexity index is 392. The molecule has 0 radical (unpaired) electrons. The van der Waals surface area contributed by atoms with Gasteiger partial charge in [-0.3, -0.25) is 0 Å². The third kappa shape index (κ3) is 4.57. The van der Waals surface area contributed by atoms with Crippen LogP contribution in [0.2, 0.25) is 0 Å². The summed E-state index contributed by atoms with van der Waals surface area (Å²) in [6.45, 7) is 2.09. The van der Waals surface area contributed by atoms with Crippen molar-refractivity contribution in [3.8, 4) is 0 Å². The summed E-state index contributed by atoms with van der Waals surface area (Å²) in [7, 11) is 0. The SMILES string of the molecule is CCCNC(Cc1ccc(F)cc1Br)C(F)(F)F. The van der Waals surface area contributed by atoms with Crippen LogP contribution in [0.3, 0.4) is 0 Å². The van der Waals surface area contributed by atoms with Crippen molar-refractivity contribution in [1.82, 2.24) is 5.32 Å². The molecule has 0 aliphatic carbocycles. The minimum atomic E-state index is -4.32. The molecule has 6 heteroatoms. The number of hydrogen-bond acceptors (Lipinski definition) is 1. The summed E-state index contributed by atoms with van der Waals surface area (Å²) in [6.07, 6.45) is -3.91. The summed E-state index contributed by atoms with van der Waals surface area (Å²) in [5, 5.41) is 2.46. The Balaban J connectivity index is 2.82. The van der Waals surface area contributed by atoms with E-state index in [9.17, 15) is 17.6 Å². The molecule has 1 aromatic rings. The summed E-state index contributed by atoms with van der Waals surface area (Å²) >= 11 is 3.08. The molecule has 0 heterocycles. The van der Waals surface area contributed by atoms with Crippen LogP contribution in [0.1, 0.15) is 18.9 Å². The van der Waals surface area contributed by atoms with E-state index in [4.69, 9.17) is 0 Å². The number of hydrogen-bond donors (Lipinski definition) is 1. The highest BCUT2D eigenvalue weighted by molar-refractivity contribution is 9.10. The van der Waals surface area contributed by atoms with Gasteiger partial charge in [0.2, 0.25) is 0 Å². The quantitative estimate of drug-likeness (QED) is 0.804. The Morgan fingerprint density at radius 3 is 2.50 bits per heavy atom. The van der Waals surface area contributed by atoms with E-state index in [0.717, 1.165) is 6.07 Å². The van der Waals surface area contributed by atoms with E-state index >= 15 is 0 Å². The molecule has 0 fully saturated rings. The molecule has 18 heavy (non-hydrogen) atoms. The van der Waals surface area contributed by atoms with E-state index in [1.54, 1.807) is 6.92 Å². The van der Waals surface area contributed by atoms with E-state index in [2.05, 4.69) is 21.2 Å². The molecule has 0 aromatic heterocycles. The Hall–Kier alpha value is -0.620. The lowest BCUT2D eigenvalue weighted by atomic mass is 10.1. The maximum atomic E-state index is 12.9. The second-order valence-electron chi connectivity index (χ2n) is 3.99. The Labute approximate surface area is 112 Å². The van der Waals surface area contributed by atoms with E-state index < -0.39 is 18.0 Å². The molecule has 1 unspecified atom stereocenters. The van der Waals surface area contributed by atoms with Gasteiger partial charge in [-0.15, -0.1) is 0 Å². The monoisotopic (exact) mass is 327 g/mol. The topological polar surface area (TPSA) is 12.0 Å². The van der Waals surface area contributed by atoms with Crippen molar-refractivity contribution in [3.63, 3.8) is 0 Å². The van der Waals surface area contributed by atoms with Crippen LogP contribution in [0.5, 0.6) is 0 Å². The molecule has 1 nitrogen and oxygen atoms in total. The third-order valence-corrected chi connectivity index (χ3v) is 3.21. The van der Waals surface area contributed by atoms with Crippen LogP contribution in [-0.2, 0) is 6.42 Å². The lowest BCUT2D eigenvalue weighted by Gasteiger charge is -2.22. The summed E-state index contributed by atoms with van der Waals surface area (Å²) in [5.74, 6) is -0.476. The Morgan fingerprint density at radius 1 is 1.33 bits per heavy atom. The standard InChI is InChI=1S/C12H14BrF4N/c1-2-5-18-11(12(15,16)17)6-8-3-4-9(14)7-10(8)13/h3-4,7,11,18H,2,5-6H2,1H3. The molecule has 0 aliphatic rings. The van der Waals surface area contributed by atoms with Crippen LogP contribution >= 0.6 is 15.9 Å². The smallest absolute Gasteiger partial charge is 0.306 e. The largest absolute Gasteiger partial charge is 0.404 e. The van der Waals surface area contributed by atoms with E-state index in [1.165, 1.54) is 12.1 Å². The second-order valence-corrected chi connectivity index (χ2v) is 4.84. The molecule has 0 spiro atoms. The fraction of sp³-hybridized carbons (Fsp3) is 0.500. The molecule has 0 saturated carbocycles. The highest BCUT2D eigenvalue weighted by Gasteiger charge is 2.39. The van der Waals surface area contributed by atoms with E-state index in [-0.39, 0.29) is 6.42 Å². The first-order valence-electron chi connectivity index (χ1n) is 5.58. The fourth-order valence-corrected chi connectivity index (χ4v) is 2.04. The van der Waals surface area contributed by atoms with Crippen LogP contribution in [-0.4, -0.2) is 18.8 Å². The zero-order chi connectivity index (χ0) is 13.8. The lowest BCUT2D eigenvalue weighted by Crippen LogP contribution is -2.44. The maximum absolute atomic E-state index is 12.9. The van der Waals surface area contributed by atoms with Crippen molar-refractivity contribution in [2.75, 3.05) is 6.54 Å². The van der Waals surface area contributed by atoms with Crippen LogP contribution in [0.25, 0.3) is 0 Å². The summed E-state index contributed by atoms with van der Waals surface area (Å²) in [5.41, 5.74) is 0.433. The number of halogens is 5. The highest BCUT2D eigenvalue weighted by Crippen LogP contribution is 2.26. The van der Waals surface area contributed by atoms with Crippen LogP contribution in [0.15, 0.2) is 22.7 Å². The van der Waals surface area contributed by atoms with Gasteiger partial charge in [0.05, 0.1) is 0 Å². The molecule has 102 valence electrons. The van der Waals surface area contributed by atoms with Gasteiger partial charge in [-0.1, -0.05) is 28.9 Å². The fourth-order valence-electron chi connectivity index (χ4n) is 1.53. The molecule has 1 atom stereocenters. The normalized spacial score (nSPS) is 13.7. The van der Waals surface area contributed by atoms with Gasteiger partial charge in [0.1, 0.15) is 11.9 Å². The van der Waals surface area contributed by atoms with Crippen molar-refractivity contribution in [3.05, 3.63) is 34.1 Å². The van der Waals surface area contributed by atoms with Crippen molar-refractivity contribution in [1.29, 1.82) is 0 Å². The van der Waals surface area contributed by atoms with Crippen molar-refractivity contribution in [2.45, 2.75) is 32.0 Å². The molecule has 0 bridgehead atoms.